The Hall–Kier alpha value is -4.33. The van der Waals surface area contributed by atoms with E-state index >= 15 is 0 Å². The van der Waals surface area contributed by atoms with Gasteiger partial charge in [-0.3, -0.25) is 19.6 Å². The lowest BCUT2D eigenvalue weighted by Gasteiger charge is -2.10. The molecule has 0 spiro atoms. The third kappa shape index (κ3) is 4.07. The Morgan fingerprint density at radius 1 is 0.867 bits per heavy atom. The zero-order chi connectivity index (χ0) is 20.9. The summed E-state index contributed by atoms with van der Waals surface area (Å²) in [6.45, 7) is 0.258. The summed E-state index contributed by atoms with van der Waals surface area (Å²) in [7, 11) is 0. The quantitative estimate of drug-likeness (QED) is 0.475. The zero-order valence-electron chi connectivity index (χ0n) is 15.7. The highest BCUT2D eigenvalue weighted by atomic mass is 16.3. The number of fused-ring (bicyclic) bond motifs is 1. The van der Waals surface area contributed by atoms with Crippen molar-refractivity contribution in [3.8, 4) is 5.75 Å². The number of pyridine rings is 1. The average molecular weight is 399 g/mol. The van der Waals surface area contributed by atoms with Crippen LogP contribution in [-0.4, -0.2) is 31.9 Å². The van der Waals surface area contributed by atoms with Gasteiger partial charge in [-0.1, -0.05) is 18.2 Å². The molecule has 2 heterocycles. The van der Waals surface area contributed by atoms with Crippen molar-refractivity contribution in [3.05, 3.63) is 90.0 Å². The Balaban J connectivity index is 1.45. The summed E-state index contributed by atoms with van der Waals surface area (Å²) in [5, 5.41) is 15.3. The molecule has 8 nitrogen and oxygen atoms in total. The van der Waals surface area contributed by atoms with Gasteiger partial charge in [0.15, 0.2) is 5.69 Å². The number of nitrogens with zero attached hydrogens (tertiary/aromatic N) is 3. The predicted molar refractivity (Wildman–Crippen MR) is 111 cm³/mol. The minimum absolute atomic E-state index is 0.0618. The summed E-state index contributed by atoms with van der Waals surface area (Å²) in [5.74, 6) is -0.992. The standard InChI is InChI=1S/C22H17N5O3/c28-18-8-3-9-24-20(18)22(30)27-15-5-1-4-14(12-15)13-26-21(29)16-6-2-7-17-19(16)25-11-10-23-17/h1-12,28H,13H2,(H,26,29)(H,27,30). The monoisotopic (exact) mass is 399 g/mol. The molecule has 2 amide bonds. The maximum Gasteiger partial charge on any atom is 0.278 e. The molecule has 0 atom stereocenters. The lowest BCUT2D eigenvalue weighted by atomic mass is 10.1. The van der Waals surface area contributed by atoms with Crippen molar-refractivity contribution in [1.29, 1.82) is 0 Å². The van der Waals surface area contributed by atoms with Gasteiger partial charge in [0.1, 0.15) is 11.3 Å². The van der Waals surface area contributed by atoms with Crippen molar-refractivity contribution in [1.82, 2.24) is 20.3 Å². The second kappa shape index (κ2) is 8.36. The number of aromatic nitrogens is 3. The van der Waals surface area contributed by atoms with E-state index in [0.717, 1.165) is 5.56 Å². The fraction of sp³-hybridized carbons (Fsp3) is 0.0455. The largest absolute Gasteiger partial charge is 0.505 e. The SMILES string of the molecule is O=C(Nc1cccc(CNC(=O)c2cccc3nccnc23)c1)c1ncccc1O. The van der Waals surface area contributed by atoms with Gasteiger partial charge in [0, 0.05) is 30.8 Å². The Morgan fingerprint density at radius 2 is 1.70 bits per heavy atom. The summed E-state index contributed by atoms with van der Waals surface area (Å²) < 4.78 is 0. The van der Waals surface area contributed by atoms with Crippen LogP contribution in [0.5, 0.6) is 5.75 Å². The van der Waals surface area contributed by atoms with Crippen molar-refractivity contribution >= 4 is 28.5 Å². The van der Waals surface area contributed by atoms with Crippen molar-refractivity contribution in [2.24, 2.45) is 0 Å². The van der Waals surface area contributed by atoms with E-state index in [1.165, 1.54) is 18.3 Å². The third-order valence-electron chi connectivity index (χ3n) is 4.38. The first kappa shape index (κ1) is 19.0. The van der Waals surface area contributed by atoms with E-state index in [1.807, 2.05) is 6.07 Å². The molecule has 0 saturated carbocycles. The van der Waals surface area contributed by atoms with E-state index in [9.17, 15) is 14.7 Å². The van der Waals surface area contributed by atoms with Crippen LogP contribution in [0.2, 0.25) is 0 Å². The molecule has 148 valence electrons. The summed E-state index contributed by atoms with van der Waals surface area (Å²) >= 11 is 0. The van der Waals surface area contributed by atoms with Crippen molar-refractivity contribution in [2.75, 3.05) is 5.32 Å². The van der Waals surface area contributed by atoms with E-state index in [2.05, 4.69) is 25.6 Å². The van der Waals surface area contributed by atoms with Gasteiger partial charge in [-0.2, -0.15) is 0 Å². The van der Waals surface area contributed by atoms with Gasteiger partial charge in [-0.05, 0) is 42.0 Å². The second-order valence-electron chi connectivity index (χ2n) is 6.44. The molecule has 0 saturated heterocycles. The number of rotatable bonds is 5. The van der Waals surface area contributed by atoms with E-state index < -0.39 is 5.91 Å². The van der Waals surface area contributed by atoms with Crippen LogP contribution in [0.15, 0.2) is 73.2 Å². The number of nitrogens with one attached hydrogen (secondary N) is 2. The van der Waals surface area contributed by atoms with Crippen LogP contribution in [0.1, 0.15) is 26.4 Å². The van der Waals surface area contributed by atoms with E-state index in [-0.39, 0.29) is 23.9 Å². The first-order valence-electron chi connectivity index (χ1n) is 9.14. The first-order valence-corrected chi connectivity index (χ1v) is 9.14. The molecular weight excluding hydrogens is 382 g/mol. The van der Waals surface area contributed by atoms with Gasteiger partial charge in [0.2, 0.25) is 0 Å². The highest BCUT2D eigenvalue weighted by Gasteiger charge is 2.13. The molecule has 4 rings (SSSR count). The number of benzene rings is 2. The van der Waals surface area contributed by atoms with Crippen LogP contribution in [0.3, 0.4) is 0 Å². The van der Waals surface area contributed by atoms with Gasteiger partial charge >= 0.3 is 0 Å². The highest BCUT2D eigenvalue weighted by molar-refractivity contribution is 6.05. The number of carbonyl (C=O) groups excluding carboxylic acids is 2. The lowest BCUT2D eigenvalue weighted by molar-refractivity contribution is 0.0951. The normalized spacial score (nSPS) is 10.5. The Labute approximate surface area is 171 Å². The van der Waals surface area contributed by atoms with Crippen molar-refractivity contribution in [2.45, 2.75) is 6.54 Å². The number of anilines is 1. The number of hydrogen-bond acceptors (Lipinski definition) is 6. The fourth-order valence-corrected chi connectivity index (χ4v) is 2.97. The van der Waals surface area contributed by atoms with Gasteiger partial charge < -0.3 is 15.7 Å². The molecule has 8 heteroatoms. The molecular formula is C22H17N5O3. The Kier molecular flexibility index (Phi) is 5.29. The first-order chi connectivity index (χ1) is 14.6. The topological polar surface area (TPSA) is 117 Å². The highest BCUT2D eigenvalue weighted by Crippen LogP contribution is 2.17. The smallest absolute Gasteiger partial charge is 0.278 e. The van der Waals surface area contributed by atoms with Gasteiger partial charge in [-0.25, -0.2) is 4.98 Å². The average Bonchev–Trinajstić information content (AvgIpc) is 2.77. The molecule has 30 heavy (non-hydrogen) atoms. The summed E-state index contributed by atoms with van der Waals surface area (Å²) in [6.07, 6.45) is 4.55. The zero-order valence-corrected chi connectivity index (χ0v) is 15.7. The number of aromatic hydroxyl groups is 1. The molecule has 2 aromatic carbocycles. The molecule has 4 aromatic rings. The number of carbonyl (C=O) groups is 2. The molecule has 0 aliphatic heterocycles. The van der Waals surface area contributed by atoms with Crippen molar-refractivity contribution in [3.63, 3.8) is 0 Å². The van der Waals surface area contributed by atoms with Gasteiger partial charge in [0.25, 0.3) is 11.8 Å². The van der Waals surface area contributed by atoms with Crippen LogP contribution in [-0.2, 0) is 6.54 Å². The molecule has 0 radical (unpaired) electrons. The minimum Gasteiger partial charge on any atom is -0.505 e. The summed E-state index contributed by atoms with van der Waals surface area (Å²) in [4.78, 5) is 37.3. The second-order valence-corrected chi connectivity index (χ2v) is 6.44. The Morgan fingerprint density at radius 3 is 2.57 bits per heavy atom. The fourth-order valence-electron chi connectivity index (χ4n) is 2.97. The Bertz CT molecular complexity index is 1240. The van der Waals surface area contributed by atoms with Crippen LogP contribution in [0.25, 0.3) is 11.0 Å². The van der Waals surface area contributed by atoms with Crippen molar-refractivity contribution < 1.29 is 14.7 Å². The molecule has 0 unspecified atom stereocenters. The molecule has 0 aliphatic carbocycles. The van der Waals surface area contributed by atoms with Crippen LogP contribution in [0, 0.1) is 0 Å². The lowest BCUT2D eigenvalue weighted by Crippen LogP contribution is -2.23. The van der Waals surface area contributed by atoms with E-state index in [0.29, 0.717) is 22.3 Å². The predicted octanol–water partition coefficient (Wildman–Crippen LogP) is 2.91. The van der Waals surface area contributed by atoms with Crippen LogP contribution < -0.4 is 10.6 Å². The molecule has 2 aromatic heterocycles. The molecule has 0 aliphatic rings. The minimum atomic E-state index is -0.524. The van der Waals surface area contributed by atoms with Gasteiger partial charge in [0.05, 0.1) is 11.1 Å². The maximum atomic E-state index is 12.6. The summed E-state index contributed by atoms with van der Waals surface area (Å²) in [6, 6.07) is 15.2. The molecule has 0 bridgehead atoms. The summed E-state index contributed by atoms with van der Waals surface area (Å²) in [5.41, 5.74) is 2.87. The number of amides is 2. The van der Waals surface area contributed by atoms with E-state index in [4.69, 9.17) is 0 Å². The maximum absolute atomic E-state index is 12.6. The molecule has 0 fully saturated rings. The van der Waals surface area contributed by atoms with Crippen LogP contribution in [0.4, 0.5) is 5.69 Å². The number of hydrogen-bond donors (Lipinski definition) is 3. The molecule has 3 N–H and O–H groups in total. The van der Waals surface area contributed by atoms with Crippen LogP contribution >= 0.6 is 0 Å². The third-order valence-corrected chi connectivity index (χ3v) is 4.38. The van der Waals surface area contributed by atoms with Gasteiger partial charge in [-0.15, -0.1) is 0 Å². The van der Waals surface area contributed by atoms with E-state index in [1.54, 1.807) is 48.8 Å². The number of para-hydroxylation sites is 1.